The maximum absolute atomic E-state index is 2.24. The Morgan fingerprint density at radius 1 is 0.333 bits per heavy atom. The fraction of sp³-hybridized carbons (Fsp3) is 0.400. The summed E-state index contributed by atoms with van der Waals surface area (Å²) in [7, 11) is 0. The molecule has 168 valence electrons. The summed E-state index contributed by atoms with van der Waals surface area (Å²) in [5.74, 6) is 0. The predicted molar refractivity (Wildman–Crippen MR) is 143 cm³/mol. The molecule has 0 spiro atoms. The molecular weight excluding hydrogens is 360 g/mol. The SMILES string of the molecule is CC.CC.CC.CC.Cc1cc(C)c(C)cc1C.c1ccc(-c2ccccc2)cc1. The highest BCUT2D eigenvalue weighted by molar-refractivity contribution is 5.62. The number of hydrogen-bond donors (Lipinski definition) is 0. The fourth-order valence-corrected chi connectivity index (χ4v) is 2.37. The smallest absolute Gasteiger partial charge is 0.0184 e. The summed E-state index contributed by atoms with van der Waals surface area (Å²) in [5, 5.41) is 0. The van der Waals surface area contributed by atoms with Gasteiger partial charge in [0.1, 0.15) is 0 Å². The molecule has 0 radical (unpaired) electrons. The van der Waals surface area contributed by atoms with Crippen molar-refractivity contribution in [1.29, 1.82) is 0 Å². The van der Waals surface area contributed by atoms with Crippen LogP contribution in [0.2, 0.25) is 0 Å². The molecule has 0 aliphatic carbocycles. The van der Waals surface area contributed by atoms with Gasteiger partial charge in [-0.2, -0.15) is 0 Å². The van der Waals surface area contributed by atoms with E-state index in [4.69, 9.17) is 0 Å². The zero-order valence-electron chi connectivity index (χ0n) is 21.9. The zero-order valence-corrected chi connectivity index (χ0v) is 21.9. The molecule has 0 aliphatic rings. The number of hydrogen-bond acceptors (Lipinski definition) is 0. The minimum atomic E-state index is 1.28. The summed E-state index contributed by atoms with van der Waals surface area (Å²) in [4.78, 5) is 0. The lowest BCUT2D eigenvalue weighted by atomic mass is 10.0. The summed E-state index contributed by atoms with van der Waals surface area (Å²) in [6.07, 6.45) is 0. The Bertz CT molecular complexity index is 622. The normalized spacial score (nSPS) is 8.00. The van der Waals surface area contributed by atoms with Crippen molar-refractivity contribution in [2.45, 2.75) is 83.1 Å². The van der Waals surface area contributed by atoms with Gasteiger partial charge in [0.2, 0.25) is 0 Å². The third-order valence-electron chi connectivity index (χ3n) is 3.99. The van der Waals surface area contributed by atoms with Crippen LogP contribution >= 0.6 is 0 Å². The van der Waals surface area contributed by atoms with E-state index in [1.165, 1.54) is 33.4 Å². The van der Waals surface area contributed by atoms with Crippen LogP contribution in [-0.4, -0.2) is 0 Å². The molecule has 0 aliphatic heterocycles. The summed E-state index contributed by atoms with van der Waals surface area (Å²) in [5.41, 5.74) is 8.12. The molecular formula is C30H48. The quantitative estimate of drug-likeness (QED) is 0.375. The molecule has 0 nitrogen and oxygen atoms in total. The van der Waals surface area contributed by atoms with E-state index in [2.05, 4.69) is 88.4 Å². The first kappa shape index (κ1) is 32.3. The van der Waals surface area contributed by atoms with Gasteiger partial charge in [-0.3, -0.25) is 0 Å². The monoisotopic (exact) mass is 408 g/mol. The minimum absolute atomic E-state index is 1.28. The van der Waals surface area contributed by atoms with E-state index in [9.17, 15) is 0 Å². The van der Waals surface area contributed by atoms with Crippen molar-refractivity contribution in [3.63, 3.8) is 0 Å². The second-order valence-corrected chi connectivity index (χ2v) is 5.75. The van der Waals surface area contributed by atoms with E-state index in [1.54, 1.807) is 0 Å². The van der Waals surface area contributed by atoms with Crippen molar-refractivity contribution >= 4 is 0 Å². The van der Waals surface area contributed by atoms with Crippen molar-refractivity contribution in [3.8, 4) is 11.1 Å². The van der Waals surface area contributed by atoms with Gasteiger partial charge in [-0.1, -0.05) is 128 Å². The Hall–Kier alpha value is -2.34. The van der Waals surface area contributed by atoms with Gasteiger partial charge in [0.15, 0.2) is 0 Å². The maximum atomic E-state index is 2.24. The van der Waals surface area contributed by atoms with E-state index in [0.717, 1.165) is 0 Å². The van der Waals surface area contributed by atoms with Crippen molar-refractivity contribution in [2.24, 2.45) is 0 Å². The number of benzene rings is 3. The van der Waals surface area contributed by atoms with Gasteiger partial charge in [0.05, 0.1) is 0 Å². The fourth-order valence-electron chi connectivity index (χ4n) is 2.37. The van der Waals surface area contributed by atoms with Crippen LogP contribution in [0.5, 0.6) is 0 Å². The van der Waals surface area contributed by atoms with Gasteiger partial charge in [-0.15, -0.1) is 0 Å². The number of aryl methyl sites for hydroxylation is 4. The third kappa shape index (κ3) is 13.8. The van der Waals surface area contributed by atoms with Gasteiger partial charge in [0, 0.05) is 0 Å². The topological polar surface area (TPSA) is 0 Å². The first-order chi connectivity index (χ1) is 14.6. The summed E-state index contributed by atoms with van der Waals surface area (Å²) in [6.45, 7) is 24.6. The average molecular weight is 409 g/mol. The van der Waals surface area contributed by atoms with E-state index in [-0.39, 0.29) is 0 Å². The van der Waals surface area contributed by atoms with Crippen LogP contribution in [0.4, 0.5) is 0 Å². The highest BCUT2D eigenvalue weighted by atomic mass is 14.0. The van der Waals surface area contributed by atoms with E-state index in [0.29, 0.717) is 0 Å². The second kappa shape index (κ2) is 22.9. The largest absolute Gasteiger partial charge is 0.0683 e. The molecule has 0 fully saturated rings. The maximum Gasteiger partial charge on any atom is -0.0184 e. The van der Waals surface area contributed by atoms with Crippen molar-refractivity contribution < 1.29 is 0 Å². The lowest BCUT2D eigenvalue weighted by Gasteiger charge is -2.04. The van der Waals surface area contributed by atoms with Crippen LogP contribution in [0.1, 0.15) is 77.6 Å². The first-order valence-electron chi connectivity index (χ1n) is 11.7. The molecule has 0 amide bonds. The second-order valence-electron chi connectivity index (χ2n) is 5.75. The lowest BCUT2D eigenvalue weighted by Crippen LogP contribution is -1.86. The van der Waals surface area contributed by atoms with Gasteiger partial charge < -0.3 is 0 Å². The third-order valence-corrected chi connectivity index (χ3v) is 3.99. The first-order valence-corrected chi connectivity index (χ1v) is 11.7. The van der Waals surface area contributed by atoms with Crippen LogP contribution in [0.3, 0.4) is 0 Å². The molecule has 0 heteroatoms. The Labute approximate surface area is 189 Å². The van der Waals surface area contributed by atoms with Crippen LogP contribution in [-0.2, 0) is 0 Å². The van der Waals surface area contributed by atoms with E-state index in [1.807, 2.05) is 67.5 Å². The van der Waals surface area contributed by atoms with Crippen molar-refractivity contribution in [3.05, 3.63) is 95.1 Å². The molecule has 30 heavy (non-hydrogen) atoms. The van der Waals surface area contributed by atoms with Crippen LogP contribution in [0, 0.1) is 27.7 Å². The molecule has 0 atom stereocenters. The van der Waals surface area contributed by atoms with Crippen LogP contribution in [0.25, 0.3) is 11.1 Å². The predicted octanol–water partition coefficient (Wildman–Crippen LogP) is 10.4. The molecule has 0 saturated carbocycles. The highest BCUT2D eigenvalue weighted by Crippen LogP contribution is 2.17. The minimum Gasteiger partial charge on any atom is -0.0683 e. The average Bonchev–Trinajstić information content (AvgIpc) is 2.84. The molecule has 0 bridgehead atoms. The summed E-state index contributed by atoms with van der Waals surface area (Å²) < 4.78 is 0. The lowest BCUT2D eigenvalue weighted by molar-refractivity contribution is 1.24. The Morgan fingerprint density at radius 3 is 0.733 bits per heavy atom. The molecule has 0 N–H and O–H groups in total. The highest BCUT2D eigenvalue weighted by Gasteiger charge is 1.95. The molecule has 0 heterocycles. The summed E-state index contributed by atoms with van der Waals surface area (Å²) >= 11 is 0. The van der Waals surface area contributed by atoms with Crippen LogP contribution in [0.15, 0.2) is 72.8 Å². The van der Waals surface area contributed by atoms with Crippen molar-refractivity contribution in [2.75, 3.05) is 0 Å². The molecule has 3 aromatic rings. The Morgan fingerprint density at radius 2 is 0.533 bits per heavy atom. The molecule has 3 aromatic carbocycles. The standard InChI is InChI=1S/C12H10.C10H14.4C2H6/c1-3-7-11(8-4-1)12-9-5-2-6-10-12;1-7-5-9(3)10(4)6-8(7)2;4*1-2/h1-10H;5-6H,1-4H3;4*1-2H3. The Balaban J connectivity index is -0.000000369. The van der Waals surface area contributed by atoms with E-state index < -0.39 is 0 Å². The van der Waals surface area contributed by atoms with Crippen molar-refractivity contribution in [1.82, 2.24) is 0 Å². The summed E-state index contributed by atoms with van der Waals surface area (Å²) in [6, 6.07) is 25.3. The van der Waals surface area contributed by atoms with Gasteiger partial charge >= 0.3 is 0 Å². The van der Waals surface area contributed by atoms with Gasteiger partial charge in [-0.05, 0) is 61.1 Å². The van der Waals surface area contributed by atoms with Gasteiger partial charge in [-0.25, -0.2) is 0 Å². The number of rotatable bonds is 1. The Kier molecular flexibility index (Phi) is 24.7. The molecule has 0 aromatic heterocycles. The van der Waals surface area contributed by atoms with Crippen LogP contribution < -0.4 is 0 Å². The van der Waals surface area contributed by atoms with E-state index >= 15 is 0 Å². The van der Waals surface area contributed by atoms with Gasteiger partial charge in [0.25, 0.3) is 0 Å². The molecule has 3 rings (SSSR count). The molecule has 0 unspecified atom stereocenters. The zero-order chi connectivity index (χ0) is 23.9. The molecule has 0 saturated heterocycles.